The van der Waals surface area contributed by atoms with E-state index in [9.17, 15) is 0 Å². The van der Waals surface area contributed by atoms with Crippen LogP contribution in [0.3, 0.4) is 0 Å². The van der Waals surface area contributed by atoms with Crippen LogP contribution < -0.4 is 24.8 Å². The van der Waals surface area contributed by atoms with E-state index in [-0.39, 0.29) is 63.8 Å². The average molecular weight is 726 g/mol. The first-order chi connectivity index (χ1) is 15.7. The monoisotopic (exact) mass is 724 g/mol. The maximum Gasteiger partial charge on any atom is 2.00 e. The first-order valence-corrected chi connectivity index (χ1v) is 14.1. The molecule has 0 unspecified atom stereocenters. The number of unbranched alkanes of at least 4 members (excludes halogenated alkanes) is 16. The minimum absolute atomic E-state index is 0. The smallest absolute Gasteiger partial charge is 1.00 e. The number of rotatable bonds is 20. The average Bonchev–Trinajstić information content (AvgIpc) is 2.82. The quantitative estimate of drug-likeness (QED) is 0.0758. The van der Waals surface area contributed by atoms with Crippen LogP contribution in [0.15, 0.2) is 50.6 Å². The van der Waals surface area contributed by atoms with E-state index in [1.54, 1.807) is 0 Å². The Labute approximate surface area is 268 Å². The van der Waals surface area contributed by atoms with E-state index in [1.807, 2.05) is 24.3 Å². The van der Waals surface area contributed by atoms with Gasteiger partial charge in [-0.25, -0.2) is 0 Å². The zero-order chi connectivity index (χ0) is 25.0. The molecule has 0 N–H and O–H groups in total. The van der Waals surface area contributed by atoms with E-state index in [4.69, 9.17) is 0 Å². The second kappa shape index (κ2) is 70.5. The van der Waals surface area contributed by atoms with Crippen molar-refractivity contribution in [3.05, 3.63) is 50.6 Å². The number of hydrogen-bond acceptors (Lipinski definition) is 0. The van der Waals surface area contributed by atoms with Gasteiger partial charge in [0, 0.05) is 0 Å². The molecule has 0 aromatic rings. The van der Waals surface area contributed by atoms with Crippen molar-refractivity contribution in [1.82, 2.24) is 0 Å². The molecule has 36 heavy (non-hydrogen) atoms. The van der Waals surface area contributed by atoms with Gasteiger partial charge in [-0.1, -0.05) is 129 Å². The van der Waals surface area contributed by atoms with Gasteiger partial charge < -0.3 is 24.8 Å². The van der Waals surface area contributed by atoms with Crippen molar-refractivity contribution >= 4 is 0 Å². The van der Waals surface area contributed by atoms with Gasteiger partial charge in [0.05, 0.1) is 0 Å². The van der Waals surface area contributed by atoms with Crippen LogP contribution >= 0.6 is 0 Å². The minimum atomic E-state index is 0. The topological polar surface area (TPSA) is 0 Å². The summed E-state index contributed by atoms with van der Waals surface area (Å²) in [6.45, 7) is 23.6. The number of hydrogen-bond donors (Lipinski definition) is 0. The second-order valence-electron chi connectivity index (χ2n) is 8.55. The summed E-state index contributed by atoms with van der Waals surface area (Å²) in [7, 11) is 0. The molecule has 0 aromatic heterocycles. The molecule has 0 heterocycles. The summed E-state index contributed by atoms with van der Waals surface area (Å²) in [5, 5.41) is 0. The standard InChI is InChI=1S/4C8H16.2ClH.2Rh/c4*1-3-5-7-8-6-4-2;;;;/h4*3H,1,4-8H2,2H3;2*1H;;/q;;;;;;2*+2/p-2. The van der Waals surface area contributed by atoms with Crippen LogP contribution in [-0.2, 0) is 39.0 Å². The van der Waals surface area contributed by atoms with Gasteiger partial charge in [-0.3, -0.25) is 0 Å². The van der Waals surface area contributed by atoms with E-state index < -0.39 is 0 Å². The van der Waals surface area contributed by atoms with Gasteiger partial charge in [-0.15, -0.1) is 26.3 Å². The maximum atomic E-state index is 3.66. The summed E-state index contributed by atoms with van der Waals surface area (Å²) in [5.41, 5.74) is 0. The number of allylic oxidation sites excluding steroid dienone is 4. The molecular formula is C32H64Cl2Rh2+2. The molecule has 222 valence electrons. The van der Waals surface area contributed by atoms with Crippen molar-refractivity contribution in [3.8, 4) is 0 Å². The third-order valence-electron chi connectivity index (χ3n) is 5.05. The molecule has 0 aliphatic heterocycles. The van der Waals surface area contributed by atoms with Crippen molar-refractivity contribution in [2.24, 2.45) is 0 Å². The molecule has 0 saturated carbocycles. The molecule has 0 aliphatic carbocycles. The van der Waals surface area contributed by atoms with Gasteiger partial charge in [0.15, 0.2) is 0 Å². The van der Waals surface area contributed by atoms with E-state index in [1.165, 1.54) is 128 Å². The van der Waals surface area contributed by atoms with Crippen LogP contribution in [0, 0.1) is 0 Å². The molecule has 0 amide bonds. The van der Waals surface area contributed by atoms with Gasteiger partial charge in [-0.05, 0) is 51.4 Å². The van der Waals surface area contributed by atoms with Gasteiger partial charge >= 0.3 is 39.0 Å². The predicted octanol–water partition coefficient (Wildman–Crippen LogP) is 6.57. The first kappa shape index (κ1) is 56.9. The molecule has 4 heteroatoms. The molecule has 0 bridgehead atoms. The van der Waals surface area contributed by atoms with Crippen molar-refractivity contribution in [2.45, 2.75) is 156 Å². The molecule has 0 atom stereocenters. The Morgan fingerprint density at radius 3 is 0.611 bits per heavy atom. The van der Waals surface area contributed by atoms with Crippen LogP contribution in [-0.4, -0.2) is 0 Å². The van der Waals surface area contributed by atoms with E-state index in [0.717, 1.165) is 0 Å². The third kappa shape index (κ3) is 91.9. The molecule has 0 spiro atoms. The maximum absolute atomic E-state index is 3.66. The van der Waals surface area contributed by atoms with Gasteiger partial charge in [0.25, 0.3) is 0 Å². The van der Waals surface area contributed by atoms with Crippen molar-refractivity contribution in [1.29, 1.82) is 0 Å². The Morgan fingerprint density at radius 2 is 0.500 bits per heavy atom. The molecule has 0 aliphatic rings. The van der Waals surface area contributed by atoms with E-state index in [2.05, 4.69) is 54.0 Å². The Kier molecular flexibility index (Phi) is 111. The fraction of sp³-hybridized carbons (Fsp3) is 0.750. The second-order valence-corrected chi connectivity index (χ2v) is 8.55. The van der Waals surface area contributed by atoms with Crippen LogP contribution in [0.1, 0.15) is 156 Å². The van der Waals surface area contributed by atoms with Crippen LogP contribution in [0.4, 0.5) is 0 Å². The summed E-state index contributed by atoms with van der Waals surface area (Å²) >= 11 is 0. The molecule has 0 aromatic carbocycles. The molecule has 0 rings (SSSR count). The first-order valence-electron chi connectivity index (χ1n) is 14.1. The van der Waals surface area contributed by atoms with Gasteiger partial charge in [-0.2, -0.15) is 0 Å². The zero-order valence-electron chi connectivity index (χ0n) is 24.7. The number of halogens is 2. The Morgan fingerprint density at radius 1 is 0.333 bits per heavy atom. The van der Waals surface area contributed by atoms with Gasteiger partial charge in [0.1, 0.15) is 0 Å². The van der Waals surface area contributed by atoms with Crippen LogP contribution in [0.25, 0.3) is 0 Å². The largest absolute Gasteiger partial charge is 2.00 e. The minimum Gasteiger partial charge on any atom is -1.00 e. The molecular weight excluding hydrogens is 661 g/mol. The van der Waals surface area contributed by atoms with Gasteiger partial charge in [0.2, 0.25) is 0 Å². The van der Waals surface area contributed by atoms with Crippen LogP contribution in [0.2, 0.25) is 0 Å². The van der Waals surface area contributed by atoms with Crippen molar-refractivity contribution in [3.63, 3.8) is 0 Å². The van der Waals surface area contributed by atoms with E-state index in [0.29, 0.717) is 0 Å². The van der Waals surface area contributed by atoms with E-state index >= 15 is 0 Å². The third-order valence-corrected chi connectivity index (χ3v) is 5.05. The van der Waals surface area contributed by atoms with Crippen molar-refractivity contribution in [2.75, 3.05) is 0 Å². The Hall–Kier alpha value is 0.787. The predicted molar refractivity (Wildman–Crippen MR) is 156 cm³/mol. The fourth-order valence-electron chi connectivity index (χ4n) is 2.86. The summed E-state index contributed by atoms with van der Waals surface area (Å²) in [5.74, 6) is 0. The SMILES string of the molecule is C=CCCCCCC.C=CCCCCCC.C=CCCCCCC.C=CCCCCCC.[Cl-].[Cl-].[Rh+2].[Rh+2]. The summed E-state index contributed by atoms with van der Waals surface area (Å²) < 4.78 is 0. The summed E-state index contributed by atoms with van der Waals surface area (Å²) in [6.07, 6.45) is 34.4. The molecule has 0 saturated heterocycles. The Bertz CT molecular complexity index is 270. The van der Waals surface area contributed by atoms with Crippen molar-refractivity contribution < 1.29 is 63.8 Å². The van der Waals surface area contributed by atoms with Crippen LogP contribution in [0.5, 0.6) is 0 Å². The Balaban J connectivity index is -0.0000000467. The normalized spacial score (nSPS) is 8.11. The molecule has 2 radical (unpaired) electrons. The fourth-order valence-corrected chi connectivity index (χ4v) is 2.86. The molecule has 0 nitrogen and oxygen atoms in total. The zero-order valence-corrected chi connectivity index (χ0v) is 29.5. The molecule has 0 fully saturated rings. The summed E-state index contributed by atoms with van der Waals surface area (Å²) in [6, 6.07) is 0. The summed E-state index contributed by atoms with van der Waals surface area (Å²) in [4.78, 5) is 0.